The number of rotatable bonds is 10. The van der Waals surface area contributed by atoms with E-state index in [1.165, 1.54) is 0 Å². The van der Waals surface area contributed by atoms with Gasteiger partial charge in [-0.25, -0.2) is 0 Å². The van der Waals surface area contributed by atoms with Gasteiger partial charge in [0.1, 0.15) is 0 Å². The Morgan fingerprint density at radius 2 is 1.04 bits per heavy atom. The highest BCUT2D eigenvalue weighted by Gasteiger charge is 2.19. The highest BCUT2D eigenvalue weighted by atomic mass is 16.4. The quantitative estimate of drug-likeness (QED) is 0.452. The van der Waals surface area contributed by atoms with Crippen molar-refractivity contribution in [3.05, 3.63) is 0 Å². The fourth-order valence-corrected chi connectivity index (χ4v) is 2.89. The maximum Gasteiger partial charge on any atom is 0.317 e. The third-order valence-corrected chi connectivity index (χ3v) is 4.28. The molecule has 9 heteroatoms. The predicted molar refractivity (Wildman–Crippen MR) is 90.7 cm³/mol. The summed E-state index contributed by atoms with van der Waals surface area (Å²) in [6.07, 6.45) is 2.55. The Bertz CT molecular complexity index is 418. The molecule has 0 aromatic rings. The number of nitrogens with zero attached hydrogens (tertiary/aromatic N) is 3. The molecule has 0 spiro atoms. The smallest absolute Gasteiger partial charge is 0.317 e. The Morgan fingerprint density at radius 1 is 0.600 bits per heavy atom. The number of aliphatic carboxylic acids is 3. The summed E-state index contributed by atoms with van der Waals surface area (Å²) in [4.78, 5) is 38.3. The van der Waals surface area contributed by atoms with Gasteiger partial charge in [0, 0.05) is 45.7 Å². The van der Waals surface area contributed by atoms with E-state index in [2.05, 4.69) is 4.90 Å². The van der Waals surface area contributed by atoms with Gasteiger partial charge in [-0.05, 0) is 19.4 Å². The second-order valence-corrected chi connectivity index (χ2v) is 6.39. The van der Waals surface area contributed by atoms with E-state index in [0.29, 0.717) is 32.6 Å². The van der Waals surface area contributed by atoms with Crippen LogP contribution in [0.25, 0.3) is 0 Å². The Labute approximate surface area is 147 Å². The van der Waals surface area contributed by atoms with Gasteiger partial charge in [0.15, 0.2) is 0 Å². The first kappa shape index (κ1) is 21.3. The van der Waals surface area contributed by atoms with Crippen LogP contribution in [-0.4, -0.2) is 107 Å². The number of carbonyl (C=O) groups is 3. The molecule has 0 aromatic heterocycles. The second kappa shape index (κ2) is 11.8. The summed E-state index contributed by atoms with van der Waals surface area (Å²) in [6.45, 7) is 4.49. The Balaban J connectivity index is 2.51. The van der Waals surface area contributed by atoms with E-state index in [1.54, 1.807) is 0 Å². The van der Waals surface area contributed by atoms with Crippen molar-refractivity contribution < 1.29 is 29.7 Å². The normalized spacial score (nSPS) is 18.2. The van der Waals surface area contributed by atoms with E-state index < -0.39 is 17.9 Å². The van der Waals surface area contributed by atoms with Crippen molar-refractivity contribution in [3.63, 3.8) is 0 Å². The van der Waals surface area contributed by atoms with Crippen LogP contribution in [0.2, 0.25) is 0 Å². The molecule has 0 unspecified atom stereocenters. The topological polar surface area (TPSA) is 122 Å². The molecule has 1 aliphatic heterocycles. The van der Waals surface area contributed by atoms with Gasteiger partial charge in [-0.1, -0.05) is 6.42 Å². The molecule has 25 heavy (non-hydrogen) atoms. The lowest BCUT2D eigenvalue weighted by Crippen LogP contribution is -2.40. The molecule has 0 atom stereocenters. The van der Waals surface area contributed by atoms with Crippen LogP contribution in [0.5, 0.6) is 0 Å². The molecule has 0 radical (unpaired) electrons. The third kappa shape index (κ3) is 10.7. The maximum atomic E-state index is 11.0. The van der Waals surface area contributed by atoms with Crippen LogP contribution in [-0.2, 0) is 14.4 Å². The summed E-state index contributed by atoms with van der Waals surface area (Å²) in [5.41, 5.74) is 0. The first-order valence-electron chi connectivity index (χ1n) is 8.69. The minimum Gasteiger partial charge on any atom is -0.481 e. The van der Waals surface area contributed by atoms with E-state index in [-0.39, 0.29) is 19.5 Å². The van der Waals surface area contributed by atoms with Crippen molar-refractivity contribution in [1.29, 1.82) is 0 Å². The summed E-state index contributed by atoms with van der Waals surface area (Å²) >= 11 is 0. The molecule has 0 bridgehead atoms. The first-order chi connectivity index (χ1) is 11.9. The summed E-state index contributed by atoms with van der Waals surface area (Å²) in [5, 5.41) is 26.7. The monoisotopic (exact) mass is 359 g/mol. The number of hydrogen-bond acceptors (Lipinski definition) is 6. The van der Waals surface area contributed by atoms with Gasteiger partial charge in [-0.15, -0.1) is 0 Å². The van der Waals surface area contributed by atoms with Gasteiger partial charge >= 0.3 is 17.9 Å². The molecule has 1 fully saturated rings. The number of carboxylic acid groups (broad SMARTS) is 3. The van der Waals surface area contributed by atoms with E-state index >= 15 is 0 Å². The molecule has 1 heterocycles. The molecular formula is C16H29N3O6. The average Bonchev–Trinajstić information content (AvgIpc) is 2.59. The second-order valence-electron chi connectivity index (χ2n) is 6.39. The lowest BCUT2D eigenvalue weighted by atomic mass is 10.2. The van der Waals surface area contributed by atoms with Gasteiger partial charge in [0.05, 0.1) is 13.1 Å². The van der Waals surface area contributed by atoms with Crippen LogP contribution < -0.4 is 0 Å². The largest absolute Gasteiger partial charge is 0.481 e. The molecule has 0 aromatic carbocycles. The molecule has 3 N–H and O–H groups in total. The van der Waals surface area contributed by atoms with Crippen molar-refractivity contribution in [3.8, 4) is 0 Å². The van der Waals surface area contributed by atoms with Crippen LogP contribution in [0.15, 0.2) is 0 Å². The third-order valence-electron chi connectivity index (χ3n) is 4.28. The Hall–Kier alpha value is -1.71. The van der Waals surface area contributed by atoms with Gasteiger partial charge in [-0.3, -0.25) is 24.2 Å². The number of hydrogen-bond donors (Lipinski definition) is 3. The summed E-state index contributed by atoms with van der Waals surface area (Å²) in [6, 6.07) is 0. The summed E-state index contributed by atoms with van der Waals surface area (Å²) in [5.74, 6) is -2.55. The van der Waals surface area contributed by atoms with Crippen molar-refractivity contribution in [2.45, 2.75) is 25.7 Å². The van der Waals surface area contributed by atoms with E-state index in [1.807, 2.05) is 9.80 Å². The highest BCUT2D eigenvalue weighted by molar-refractivity contribution is 5.69. The lowest BCUT2D eigenvalue weighted by Gasteiger charge is -2.25. The molecule has 0 saturated carbocycles. The van der Waals surface area contributed by atoms with Crippen LogP contribution in [0.3, 0.4) is 0 Å². The minimum atomic E-state index is -0.885. The van der Waals surface area contributed by atoms with Crippen molar-refractivity contribution in [2.24, 2.45) is 0 Å². The number of carboxylic acids is 3. The molecule has 9 nitrogen and oxygen atoms in total. The fourth-order valence-electron chi connectivity index (χ4n) is 2.89. The summed E-state index contributed by atoms with van der Waals surface area (Å²) in [7, 11) is 0. The average molecular weight is 359 g/mol. The zero-order valence-corrected chi connectivity index (χ0v) is 14.6. The van der Waals surface area contributed by atoms with Crippen molar-refractivity contribution >= 4 is 17.9 Å². The SMILES string of the molecule is O=C(O)CCCCCN1CCN(CC(=O)O)CCN(CC(=O)O)CC1. The van der Waals surface area contributed by atoms with Crippen LogP contribution in [0, 0.1) is 0 Å². The van der Waals surface area contributed by atoms with Gasteiger partial charge in [0.2, 0.25) is 0 Å². The Kier molecular flexibility index (Phi) is 10.0. The molecule has 144 valence electrons. The lowest BCUT2D eigenvalue weighted by molar-refractivity contribution is -0.140. The van der Waals surface area contributed by atoms with Gasteiger partial charge < -0.3 is 20.2 Å². The summed E-state index contributed by atoms with van der Waals surface area (Å²) < 4.78 is 0. The van der Waals surface area contributed by atoms with E-state index in [4.69, 9.17) is 15.3 Å². The molecule has 0 aliphatic carbocycles. The zero-order chi connectivity index (χ0) is 18.7. The predicted octanol–water partition coefficient (Wildman–Crippen LogP) is -0.280. The Morgan fingerprint density at radius 3 is 1.44 bits per heavy atom. The molecule has 1 saturated heterocycles. The number of unbranched alkanes of at least 4 members (excludes halogenated alkanes) is 2. The standard InChI is InChI=1S/C16H29N3O6/c20-14(21)4-2-1-3-5-17-6-8-18(12-15(22)23)10-11-19(9-7-17)13-16(24)25/h1-13H2,(H,20,21)(H,22,23)(H,24,25). The minimum absolute atomic E-state index is 0.0483. The van der Waals surface area contributed by atoms with Crippen molar-refractivity contribution in [2.75, 3.05) is 58.9 Å². The first-order valence-corrected chi connectivity index (χ1v) is 8.69. The van der Waals surface area contributed by atoms with E-state index in [9.17, 15) is 14.4 Å². The van der Waals surface area contributed by atoms with Gasteiger partial charge in [0.25, 0.3) is 0 Å². The molecule has 1 rings (SSSR count). The molecule has 1 aliphatic rings. The zero-order valence-electron chi connectivity index (χ0n) is 14.6. The van der Waals surface area contributed by atoms with Gasteiger partial charge in [-0.2, -0.15) is 0 Å². The van der Waals surface area contributed by atoms with Crippen LogP contribution >= 0.6 is 0 Å². The van der Waals surface area contributed by atoms with Crippen LogP contribution in [0.4, 0.5) is 0 Å². The molecular weight excluding hydrogens is 330 g/mol. The molecule has 0 amide bonds. The van der Waals surface area contributed by atoms with E-state index in [0.717, 1.165) is 32.5 Å². The highest BCUT2D eigenvalue weighted by Crippen LogP contribution is 2.05. The van der Waals surface area contributed by atoms with Crippen molar-refractivity contribution in [1.82, 2.24) is 14.7 Å². The fraction of sp³-hybridized carbons (Fsp3) is 0.812. The van der Waals surface area contributed by atoms with Crippen LogP contribution in [0.1, 0.15) is 25.7 Å². The maximum absolute atomic E-state index is 11.0.